The highest BCUT2D eigenvalue weighted by Gasteiger charge is 2.15. The second-order valence-corrected chi connectivity index (χ2v) is 4.71. The van der Waals surface area contributed by atoms with Crippen molar-refractivity contribution in [2.75, 3.05) is 6.54 Å². The Balaban J connectivity index is 2.26. The molecule has 0 radical (unpaired) electrons. The maximum absolute atomic E-state index is 11.4. The lowest BCUT2D eigenvalue weighted by Gasteiger charge is -2.19. The smallest absolute Gasteiger partial charge is 0.320 e. The lowest BCUT2D eigenvalue weighted by molar-refractivity contribution is -0.153. The van der Waals surface area contributed by atoms with E-state index in [1.807, 2.05) is 27.7 Å². The van der Waals surface area contributed by atoms with Gasteiger partial charge in [0, 0.05) is 17.8 Å². The molecular weight excluding hydrogens is 206 g/mol. The number of ether oxygens (including phenoxy) is 1. The van der Waals surface area contributed by atoms with Crippen LogP contribution in [0, 0.1) is 6.92 Å². The number of nitrogens with zero attached hydrogens (tertiary/aromatic N) is 1. The Hall–Kier alpha value is -1.36. The molecule has 0 unspecified atom stereocenters. The molecule has 1 rings (SSSR count). The number of hydrogen-bond acceptors (Lipinski definition) is 4. The van der Waals surface area contributed by atoms with Crippen molar-refractivity contribution in [2.45, 2.75) is 39.8 Å². The average molecular weight is 225 g/mol. The molecule has 1 heterocycles. The first-order chi connectivity index (χ1) is 7.38. The molecule has 0 bridgehead atoms. The van der Waals surface area contributed by atoms with Crippen molar-refractivity contribution in [3.63, 3.8) is 0 Å². The van der Waals surface area contributed by atoms with Gasteiger partial charge in [-0.2, -0.15) is 5.10 Å². The van der Waals surface area contributed by atoms with E-state index in [0.29, 0.717) is 6.54 Å². The van der Waals surface area contributed by atoms with Crippen LogP contribution in [0.15, 0.2) is 6.20 Å². The van der Waals surface area contributed by atoms with E-state index in [2.05, 4.69) is 15.5 Å². The monoisotopic (exact) mass is 225 g/mol. The predicted octanol–water partition coefficient (Wildman–Crippen LogP) is 1.15. The zero-order valence-electron chi connectivity index (χ0n) is 10.3. The molecule has 1 aromatic rings. The lowest BCUT2D eigenvalue weighted by atomic mass is 10.2. The van der Waals surface area contributed by atoms with Gasteiger partial charge in [-0.15, -0.1) is 0 Å². The molecule has 0 amide bonds. The summed E-state index contributed by atoms with van der Waals surface area (Å²) in [5.74, 6) is -0.242. The van der Waals surface area contributed by atoms with Crippen LogP contribution in [0.1, 0.15) is 32.0 Å². The van der Waals surface area contributed by atoms with Crippen molar-refractivity contribution in [3.05, 3.63) is 17.5 Å². The minimum absolute atomic E-state index is 0.210. The van der Waals surface area contributed by atoms with Crippen LogP contribution < -0.4 is 5.32 Å². The van der Waals surface area contributed by atoms with Gasteiger partial charge in [-0.3, -0.25) is 9.89 Å². The lowest BCUT2D eigenvalue weighted by Crippen LogP contribution is -2.31. The number of nitrogens with one attached hydrogen (secondary N) is 2. The van der Waals surface area contributed by atoms with Crippen LogP contribution in [0.3, 0.4) is 0 Å². The topological polar surface area (TPSA) is 67.0 Å². The Morgan fingerprint density at radius 2 is 2.25 bits per heavy atom. The summed E-state index contributed by atoms with van der Waals surface area (Å²) in [4.78, 5) is 11.4. The number of carbonyl (C=O) groups is 1. The second kappa shape index (κ2) is 5.12. The fourth-order valence-corrected chi connectivity index (χ4v) is 1.23. The van der Waals surface area contributed by atoms with Crippen LogP contribution >= 0.6 is 0 Å². The molecule has 0 saturated carbocycles. The molecule has 1 aromatic heterocycles. The van der Waals surface area contributed by atoms with Gasteiger partial charge in [0.15, 0.2) is 0 Å². The molecule has 90 valence electrons. The van der Waals surface area contributed by atoms with Crippen LogP contribution in [0.25, 0.3) is 0 Å². The molecule has 0 fully saturated rings. The summed E-state index contributed by atoms with van der Waals surface area (Å²) >= 11 is 0. The summed E-state index contributed by atoms with van der Waals surface area (Å²) in [6.45, 7) is 8.32. The summed E-state index contributed by atoms with van der Waals surface area (Å²) in [5.41, 5.74) is 1.64. The van der Waals surface area contributed by atoms with E-state index in [9.17, 15) is 4.79 Å². The number of aromatic amines is 1. The van der Waals surface area contributed by atoms with E-state index in [1.54, 1.807) is 6.20 Å². The van der Waals surface area contributed by atoms with E-state index < -0.39 is 5.60 Å². The van der Waals surface area contributed by atoms with Crippen LogP contribution in [-0.4, -0.2) is 28.3 Å². The molecule has 2 N–H and O–H groups in total. The molecule has 0 atom stereocenters. The first-order valence-electron chi connectivity index (χ1n) is 5.30. The van der Waals surface area contributed by atoms with Gasteiger partial charge in [0.25, 0.3) is 0 Å². The van der Waals surface area contributed by atoms with Crippen molar-refractivity contribution in [2.24, 2.45) is 0 Å². The molecule has 0 aromatic carbocycles. The van der Waals surface area contributed by atoms with Gasteiger partial charge in [0.2, 0.25) is 0 Å². The maximum Gasteiger partial charge on any atom is 0.320 e. The summed E-state index contributed by atoms with van der Waals surface area (Å²) < 4.78 is 5.16. The Morgan fingerprint density at radius 1 is 1.56 bits per heavy atom. The highest BCUT2D eigenvalue weighted by molar-refractivity contribution is 5.72. The third-order valence-electron chi connectivity index (χ3n) is 1.94. The number of H-pyrrole nitrogens is 1. The Morgan fingerprint density at radius 3 is 2.75 bits per heavy atom. The largest absolute Gasteiger partial charge is 0.459 e. The highest BCUT2D eigenvalue weighted by atomic mass is 16.6. The number of rotatable bonds is 4. The van der Waals surface area contributed by atoms with Crippen molar-refractivity contribution < 1.29 is 9.53 Å². The van der Waals surface area contributed by atoms with Gasteiger partial charge < -0.3 is 10.1 Å². The molecule has 0 aliphatic heterocycles. The number of esters is 1. The van der Waals surface area contributed by atoms with E-state index in [4.69, 9.17) is 4.74 Å². The number of hydrogen-bond donors (Lipinski definition) is 2. The SMILES string of the molecule is Cc1[nH]ncc1CNCC(=O)OC(C)(C)C. The average Bonchev–Trinajstić information content (AvgIpc) is 2.48. The normalized spacial score (nSPS) is 11.5. The molecule has 16 heavy (non-hydrogen) atoms. The predicted molar refractivity (Wildman–Crippen MR) is 60.9 cm³/mol. The molecule has 5 nitrogen and oxygen atoms in total. The quantitative estimate of drug-likeness (QED) is 0.754. The summed E-state index contributed by atoms with van der Waals surface area (Å²) in [7, 11) is 0. The van der Waals surface area contributed by atoms with Crippen LogP contribution in [-0.2, 0) is 16.1 Å². The van der Waals surface area contributed by atoms with Crippen molar-refractivity contribution >= 4 is 5.97 Å². The summed E-state index contributed by atoms with van der Waals surface area (Å²) in [6.07, 6.45) is 1.75. The number of aromatic nitrogens is 2. The van der Waals surface area contributed by atoms with Crippen LogP contribution in [0.2, 0.25) is 0 Å². The molecular formula is C11H19N3O2. The standard InChI is InChI=1S/C11H19N3O2/c1-8-9(6-13-14-8)5-12-7-10(15)16-11(2,3)4/h6,12H,5,7H2,1-4H3,(H,13,14). The Bertz CT molecular complexity index is 352. The minimum atomic E-state index is -0.426. The van der Waals surface area contributed by atoms with E-state index >= 15 is 0 Å². The highest BCUT2D eigenvalue weighted by Crippen LogP contribution is 2.06. The second-order valence-electron chi connectivity index (χ2n) is 4.71. The number of carbonyl (C=O) groups excluding carboxylic acids is 1. The van der Waals surface area contributed by atoms with Crippen molar-refractivity contribution in [3.8, 4) is 0 Å². The first-order valence-corrected chi connectivity index (χ1v) is 5.30. The minimum Gasteiger partial charge on any atom is -0.459 e. The van der Waals surface area contributed by atoms with E-state index in [0.717, 1.165) is 11.3 Å². The third kappa shape index (κ3) is 4.44. The van der Waals surface area contributed by atoms with E-state index in [-0.39, 0.29) is 12.5 Å². The summed E-state index contributed by atoms with van der Waals surface area (Å²) in [5, 5.41) is 9.75. The fraction of sp³-hybridized carbons (Fsp3) is 0.636. The molecule has 0 aliphatic rings. The van der Waals surface area contributed by atoms with Gasteiger partial charge in [0.1, 0.15) is 5.60 Å². The van der Waals surface area contributed by atoms with Crippen molar-refractivity contribution in [1.82, 2.24) is 15.5 Å². The van der Waals surface area contributed by atoms with Crippen LogP contribution in [0.5, 0.6) is 0 Å². The maximum atomic E-state index is 11.4. The number of aryl methyl sites for hydroxylation is 1. The van der Waals surface area contributed by atoms with Gasteiger partial charge in [-0.25, -0.2) is 0 Å². The molecule has 0 aliphatic carbocycles. The van der Waals surface area contributed by atoms with Gasteiger partial charge in [-0.1, -0.05) is 0 Å². The third-order valence-corrected chi connectivity index (χ3v) is 1.94. The van der Waals surface area contributed by atoms with E-state index in [1.165, 1.54) is 0 Å². The van der Waals surface area contributed by atoms with Gasteiger partial charge in [0.05, 0.1) is 12.7 Å². The Labute approximate surface area is 95.6 Å². The van der Waals surface area contributed by atoms with Crippen LogP contribution in [0.4, 0.5) is 0 Å². The van der Waals surface area contributed by atoms with Gasteiger partial charge in [-0.05, 0) is 27.7 Å². The zero-order valence-corrected chi connectivity index (χ0v) is 10.3. The first kappa shape index (κ1) is 12.7. The Kier molecular flexibility index (Phi) is 4.06. The van der Waals surface area contributed by atoms with Gasteiger partial charge >= 0.3 is 5.97 Å². The molecule has 0 saturated heterocycles. The zero-order chi connectivity index (χ0) is 12.2. The van der Waals surface area contributed by atoms with Crippen molar-refractivity contribution in [1.29, 1.82) is 0 Å². The molecule has 5 heteroatoms. The molecule has 0 spiro atoms. The summed E-state index contributed by atoms with van der Waals surface area (Å²) in [6, 6.07) is 0. The fourth-order valence-electron chi connectivity index (χ4n) is 1.23.